The van der Waals surface area contributed by atoms with E-state index in [4.69, 9.17) is 4.74 Å². The molecule has 1 fully saturated rings. The van der Waals surface area contributed by atoms with E-state index >= 15 is 0 Å². The molecular weight excluding hydrogens is 282 g/mol. The molecule has 0 aromatic heterocycles. The van der Waals surface area contributed by atoms with Gasteiger partial charge in [-0.05, 0) is 36.5 Å². The second kappa shape index (κ2) is 7.82. The number of benzene rings is 1. The number of carbonyl (C=O) groups is 2. The van der Waals surface area contributed by atoms with E-state index in [1.54, 1.807) is 24.3 Å². The predicted octanol–water partition coefficient (Wildman–Crippen LogP) is 2.04. The van der Waals surface area contributed by atoms with Gasteiger partial charge in [0.15, 0.2) is 6.61 Å². The second-order valence-corrected chi connectivity index (χ2v) is 5.75. The van der Waals surface area contributed by atoms with Crippen molar-refractivity contribution >= 4 is 11.9 Å². The van der Waals surface area contributed by atoms with E-state index < -0.39 is 0 Å². The summed E-state index contributed by atoms with van der Waals surface area (Å²) in [5.74, 6) is 1.09. The molecule has 1 saturated heterocycles. The van der Waals surface area contributed by atoms with Crippen LogP contribution in [0.25, 0.3) is 0 Å². The Bertz CT molecular complexity index is 504. The lowest BCUT2D eigenvalue weighted by molar-refractivity contribution is -0.139. The van der Waals surface area contributed by atoms with Crippen LogP contribution in [0, 0.1) is 5.92 Å². The molecule has 2 rings (SSSR count). The van der Waals surface area contributed by atoms with E-state index in [0.717, 1.165) is 31.5 Å². The number of nitrogens with zero attached hydrogens (tertiary/aromatic N) is 1. The quantitative estimate of drug-likeness (QED) is 0.781. The van der Waals surface area contributed by atoms with Crippen molar-refractivity contribution in [2.75, 3.05) is 26.8 Å². The van der Waals surface area contributed by atoms with Crippen LogP contribution in [0.1, 0.15) is 25.3 Å². The number of hydrogen-bond acceptors (Lipinski definition) is 4. The highest BCUT2D eigenvalue weighted by Gasteiger charge is 2.20. The summed E-state index contributed by atoms with van der Waals surface area (Å²) < 4.78 is 10.1. The first-order valence-corrected chi connectivity index (χ1v) is 7.65. The van der Waals surface area contributed by atoms with Crippen LogP contribution in [-0.2, 0) is 20.7 Å². The number of piperidine rings is 1. The van der Waals surface area contributed by atoms with Gasteiger partial charge in [-0.2, -0.15) is 0 Å². The van der Waals surface area contributed by atoms with Crippen LogP contribution in [0.2, 0.25) is 0 Å². The van der Waals surface area contributed by atoms with Crippen molar-refractivity contribution in [3.63, 3.8) is 0 Å². The zero-order chi connectivity index (χ0) is 15.9. The molecule has 0 bridgehead atoms. The molecule has 1 amide bonds. The van der Waals surface area contributed by atoms with Crippen molar-refractivity contribution in [2.24, 2.45) is 5.92 Å². The van der Waals surface area contributed by atoms with E-state index in [2.05, 4.69) is 11.7 Å². The second-order valence-electron chi connectivity index (χ2n) is 5.75. The summed E-state index contributed by atoms with van der Waals surface area (Å²) in [6, 6.07) is 7.15. The highest BCUT2D eigenvalue weighted by Crippen LogP contribution is 2.17. The minimum Gasteiger partial charge on any atom is -0.484 e. The van der Waals surface area contributed by atoms with Crippen molar-refractivity contribution < 1.29 is 19.1 Å². The summed E-state index contributed by atoms with van der Waals surface area (Å²) in [5, 5.41) is 0. The average molecular weight is 305 g/mol. The van der Waals surface area contributed by atoms with Crippen molar-refractivity contribution in [3.05, 3.63) is 29.8 Å². The maximum atomic E-state index is 12.1. The summed E-state index contributed by atoms with van der Waals surface area (Å²) >= 11 is 0. The Kier molecular flexibility index (Phi) is 5.81. The third-order valence-corrected chi connectivity index (χ3v) is 4.00. The number of ether oxygens (including phenoxy) is 2. The normalized spacial score (nSPS) is 15.5. The number of carbonyl (C=O) groups excluding carboxylic acids is 2. The fourth-order valence-corrected chi connectivity index (χ4v) is 2.44. The number of amides is 1. The zero-order valence-electron chi connectivity index (χ0n) is 13.2. The van der Waals surface area contributed by atoms with Gasteiger partial charge in [0.2, 0.25) is 0 Å². The molecule has 0 atom stereocenters. The first-order chi connectivity index (χ1) is 10.6. The van der Waals surface area contributed by atoms with Crippen molar-refractivity contribution in [2.45, 2.75) is 26.2 Å². The molecule has 1 aliphatic rings. The number of likely N-dealkylation sites (tertiary alicyclic amines) is 1. The van der Waals surface area contributed by atoms with Gasteiger partial charge in [0, 0.05) is 13.1 Å². The lowest BCUT2D eigenvalue weighted by atomic mass is 9.99. The fourth-order valence-electron chi connectivity index (χ4n) is 2.44. The molecule has 1 aromatic rings. The third kappa shape index (κ3) is 4.76. The minimum absolute atomic E-state index is 0.0329. The Morgan fingerprint density at radius 1 is 1.18 bits per heavy atom. The maximum Gasteiger partial charge on any atom is 0.309 e. The van der Waals surface area contributed by atoms with Gasteiger partial charge in [0.1, 0.15) is 5.75 Å². The number of hydrogen-bond donors (Lipinski definition) is 0. The van der Waals surface area contributed by atoms with E-state index in [-0.39, 0.29) is 24.9 Å². The molecular formula is C17H23NO4. The molecule has 120 valence electrons. The van der Waals surface area contributed by atoms with Crippen LogP contribution in [0.5, 0.6) is 5.75 Å². The van der Waals surface area contributed by atoms with Gasteiger partial charge in [-0.3, -0.25) is 9.59 Å². The fraction of sp³-hybridized carbons (Fsp3) is 0.529. The van der Waals surface area contributed by atoms with E-state index in [9.17, 15) is 9.59 Å². The molecule has 22 heavy (non-hydrogen) atoms. The standard InChI is InChI=1S/C17H23NO4/c1-13-7-9-18(10-8-13)16(19)12-22-15-5-3-14(4-6-15)11-17(20)21-2/h3-6,13H,7-12H2,1-2H3. The minimum atomic E-state index is -0.275. The Hall–Kier alpha value is -2.04. The third-order valence-electron chi connectivity index (χ3n) is 4.00. The first kappa shape index (κ1) is 16.3. The molecule has 1 aliphatic heterocycles. The van der Waals surface area contributed by atoms with Gasteiger partial charge in [-0.1, -0.05) is 19.1 Å². The maximum absolute atomic E-state index is 12.1. The molecule has 0 unspecified atom stereocenters. The van der Waals surface area contributed by atoms with Crippen molar-refractivity contribution in [3.8, 4) is 5.75 Å². The van der Waals surface area contributed by atoms with Crippen LogP contribution in [-0.4, -0.2) is 43.6 Å². The Morgan fingerprint density at radius 3 is 2.41 bits per heavy atom. The molecule has 1 aromatic carbocycles. The average Bonchev–Trinajstić information content (AvgIpc) is 2.54. The van der Waals surface area contributed by atoms with E-state index in [1.807, 2.05) is 4.90 Å². The Labute approximate surface area is 131 Å². The van der Waals surface area contributed by atoms with Gasteiger partial charge < -0.3 is 14.4 Å². The predicted molar refractivity (Wildman–Crippen MR) is 82.6 cm³/mol. The summed E-state index contributed by atoms with van der Waals surface area (Å²) in [5.41, 5.74) is 0.857. The van der Waals surface area contributed by atoms with Crippen LogP contribution >= 0.6 is 0 Å². The van der Waals surface area contributed by atoms with E-state index in [1.165, 1.54) is 7.11 Å². The number of rotatable bonds is 5. The van der Waals surface area contributed by atoms with Crippen molar-refractivity contribution in [1.29, 1.82) is 0 Å². The topological polar surface area (TPSA) is 55.8 Å². The summed E-state index contributed by atoms with van der Waals surface area (Å²) in [7, 11) is 1.37. The van der Waals surface area contributed by atoms with Crippen LogP contribution in [0.3, 0.4) is 0 Å². The van der Waals surface area contributed by atoms with Gasteiger partial charge in [0.25, 0.3) is 5.91 Å². The van der Waals surface area contributed by atoms with E-state index in [0.29, 0.717) is 11.7 Å². The number of esters is 1. The molecule has 0 saturated carbocycles. The van der Waals surface area contributed by atoms with Crippen molar-refractivity contribution in [1.82, 2.24) is 4.90 Å². The summed E-state index contributed by atoms with van der Waals surface area (Å²) in [6.45, 7) is 3.92. The summed E-state index contributed by atoms with van der Waals surface area (Å²) in [4.78, 5) is 25.1. The number of methoxy groups -OCH3 is 1. The smallest absolute Gasteiger partial charge is 0.309 e. The summed E-state index contributed by atoms with van der Waals surface area (Å²) in [6.07, 6.45) is 2.36. The molecule has 5 heteroatoms. The van der Waals surface area contributed by atoms with Gasteiger partial charge >= 0.3 is 5.97 Å². The monoisotopic (exact) mass is 305 g/mol. The first-order valence-electron chi connectivity index (χ1n) is 7.65. The highest BCUT2D eigenvalue weighted by atomic mass is 16.5. The molecule has 0 spiro atoms. The molecule has 0 aliphatic carbocycles. The lowest BCUT2D eigenvalue weighted by Crippen LogP contribution is -2.40. The molecule has 1 heterocycles. The Morgan fingerprint density at radius 2 is 1.82 bits per heavy atom. The highest BCUT2D eigenvalue weighted by molar-refractivity contribution is 5.77. The largest absolute Gasteiger partial charge is 0.484 e. The molecule has 0 N–H and O–H groups in total. The van der Waals surface area contributed by atoms with Crippen LogP contribution in [0.4, 0.5) is 0 Å². The SMILES string of the molecule is COC(=O)Cc1ccc(OCC(=O)N2CCC(C)CC2)cc1. The molecule has 0 radical (unpaired) electrons. The van der Waals surface area contributed by atoms with Crippen LogP contribution < -0.4 is 4.74 Å². The van der Waals surface area contributed by atoms with Crippen LogP contribution in [0.15, 0.2) is 24.3 Å². The molecule has 5 nitrogen and oxygen atoms in total. The van der Waals surface area contributed by atoms with Gasteiger partial charge in [0.05, 0.1) is 13.5 Å². The Balaban J connectivity index is 1.79. The van der Waals surface area contributed by atoms with Gasteiger partial charge in [-0.25, -0.2) is 0 Å². The zero-order valence-corrected chi connectivity index (χ0v) is 13.2. The van der Waals surface area contributed by atoms with Gasteiger partial charge in [-0.15, -0.1) is 0 Å². The lowest BCUT2D eigenvalue weighted by Gasteiger charge is -2.30.